The van der Waals surface area contributed by atoms with E-state index in [1.807, 2.05) is 18.4 Å². The molecule has 2 N–H and O–H groups in total. The zero-order valence-corrected chi connectivity index (χ0v) is 18.8. The topological polar surface area (TPSA) is 42.9 Å². The second-order valence-corrected chi connectivity index (χ2v) is 8.44. The highest BCUT2D eigenvalue weighted by atomic mass is 32.1. The molecule has 2 aromatic rings. The number of hydrogen-bond donors (Lipinski definition) is 2. The van der Waals surface area contributed by atoms with Crippen LogP contribution in [-0.4, -0.2) is 50.1 Å². The molecule has 0 aliphatic carbocycles. The maximum absolute atomic E-state index is 4.46. The van der Waals surface area contributed by atoms with E-state index in [-0.39, 0.29) is 0 Å². The summed E-state index contributed by atoms with van der Waals surface area (Å²) in [4.78, 5) is 9.40. The van der Waals surface area contributed by atoms with Gasteiger partial charge in [0.25, 0.3) is 0 Å². The summed E-state index contributed by atoms with van der Waals surface area (Å²) >= 11 is 1.83. The summed E-state index contributed by atoms with van der Waals surface area (Å²) in [6, 6.07) is 13.5. The summed E-state index contributed by atoms with van der Waals surface area (Å²) < 4.78 is 0. The van der Waals surface area contributed by atoms with Gasteiger partial charge in [-0.2, -0.15) is 0 Å². The Kier molecular flexibility index (Phi) is 8.38. The molecule has 0 unspecified atom stereocenters. The predicted octanol–water partition coefficient (Wildman–Crippen LogP) is 3.92. The molecule has 158 valence electrons. The number of thiophene rings is 1. The number of anilines is 1. The molecule has 5 nitrogen and oxygen atoms in total. The van der Waals surface area contributed by atoms with Gasteiger partial charge < -0.3 is 15.5 Å². The summed E-state index contributed by atoms with van der Waals surface area (Å²) in [7, 11) is 1.86. The molecule has 1 aromatic heterocycles. The zero-order valence-electron chi connectivity index (χ0n) is 18.0. The Morgan fingerprint density at radius 1 is 1.10 bits per heavy atom. The SMILES string of the molecule is CCN(CC)Cc1ccccc1CNC(=NC)NC1CCN(c2cccs2)CC1. The minimum absolute atomic E-state index is 0.475. The summed E-state index contributed by atoms with van der Waals surface area (Å²) in [6.07, 6.45) is 2.27. The molecule has 1 aromatic carbocycles. The molecule has 29 heavy (non-hydrogen) atoms. The van der Waals surface area contributed by atoms with Crippen LogP contribution >= 0.6 is 11.3 Å². The van der Waals surface area contributed by atoms with Crippen molar-refractivity contribution in [1.82, 2.24) is 15.5 Å². The molecule has 2 heterocycles. The van der Waals surface area contributed by atoms with Crippen LogP contribution in [0.4, 0.5) is 5.00 Å². The largest absolute Gasteiger partial charge is 0.363 e. The van der Waals surface area contributed by atoms with E-state index >= 15 is 0 Å². The molecular formula is C23H35N5S. The molecule has 0 spiro atoms. The standard InChI is InChI=1S/C23H35N5S/c1-4-27(5-2)18-20-10-7-6-9-19(20)17-25-23(24-3)26-21-12-14-28(15-13-21)22-11-8-16-29-22/h6-11,16,21H,4-5,12-15,17-18H2,1-3H3,(H2,24,25,26). The Labute approximate surface area is 179 Å². The van der Waals surface area contributed by atoms with Crippen LogP contribution in [-0.2, 0) is 13.1 Å². The Morgan fingerprint density at radius 2 is 1.83 bits per heavy atom. The van der Waals surface area contributed by atoms with Crippen molar-refractivity contribution in [2.45, 2.75) is 45.8 Å². The quantitative estimate of drug-likeness (QED) is 0.508. The van der Waals surface area contributed by atoms with Gasteiger partial charge in [-0.3, -0.25) is 9.89 Å². The summed E-state index contributed by atoms with van der Waals surface area (Å²) in [5.41, 5.74) is 2.73. The first kappa shape index (κ1) is 21.7. The van der Waals surface area contributed by atoms with Gasteiger partial charge in [0.15, 0.2) is 5.96 Å². The molecule has 1 fully saturated rings. The smallest absolute Gasteiger partial charge is 0.191 e. The maximum Gasteiger partial charge on any atom is 0.191 e. The second-order valence-electron chi connectivity index (χ2n) is 7.51. The number of guanidine groups is 1. The highest BCUT2D eigenvalue weighted by Gasteiger charge is 2.20. The molecule has 3 rings (SSSR count). The van der Waals surface area contributed by atoms with Crippen LogP contribution in [0.3, 0.4) is 0 Å². The molecule has 1 aliphatic rings. The zero-order chi connectivity index (χ0) is 20.5. The predicted molar refractivity (Wildman–Crippen MR) is 126 cm³/mol. The van der Waals surface area contributed by atoms with Gasteiger partial charge in [-0.15, -0.1) is 11.3 Å². The van der Waals surface area contributed by atoms with Gasteiger partial charge in [-0.25, -0.2) is 0 Å². The number of hydrogen-bond acceptors (Lipinski definition) is 4. The molecular weight excluding hydrogens is 378 g/mol. The minimum atomic E-state index is 0.475. The second kappa shape index (κ2) is 11.2. The van der Waals surface area contributed by atoms with Crippen LogP contribution < -0.4 is 15.5 Å². The fourth-order valence-electron chi connectivity index (χ4n) is 3.83. The van der Waals surface area contributed by atoms with E-state index in [1.54, 1.807) is 0 Å². The number of nitrogens with zero attached hydrogens (tertiary/aromatic N) is 3. The lowest BCUT2D eigenvalue weighted by Crippen LogP contribution is -2.48. The van der Waals surface area contributed by atoms with Crippen LogP contribution in [0.1, 0.15) is 37.8 Å². The lowest BCUT2D eigenvalue weighted by atomic mass is 10.1. The fraction of sp³-hybridized carbons (Fsp3) is 0.522. The lowest BCUT2D eigenvalue weighted by Gasteiger charge is -2.33. The van der Waals surface area contributed by atoms with Crippen LogP contribution in [0.15, 0.2) is 46.8 Å². The van der Waals surface area contributed by atoms with E-state index in [1.165, 1.54) is 16.1 Å². The molecule has 0 radical (unpaired) electrons. The van der Waals surface area contributed by atoms with E-state index in [0.717, 1.165) is 58.1 Å². The van der Waals surface area contributed by atoms with Crippen molar-refractivity contribution in [2.75, 3.05) is 38.1 Å². The minimum Gasteiger partial charge on any atom is -0.363 e. The number of piperidine rings is 1. The van der Waals surface area contributed by atoms with Gasteiger partial charge in [-0.05, 0) is 54.6 Å². The van der Waals surface area contributed by atoms with Crippen molar-refractivity contribution in [2.24, 2.45) is 4.99 Å². The van der Waals surface area contributed by atoms with E-state index in [0.29, 0.717) is 6.04 Å². The third-order valence-corrected chi connectivity index (χ3v) is 6.66. The number of aliphatic imine (C=N–C) groups is 1. The first-order valence-electron chi connectivity index (χ1n) is 10.8. The average molecular weight is 414 g/mol. The van der Waals surface area contributed by atoms with E-state index in [4.69, 9.17) is 0 Å². The van der Waals surface area contributed by atoms with Gasteiger partial charge >= 0.3 is 0 Å². The van der Waals surface area contributed by atoms with Crippen molar-refractivity contribution in [3.05, 3.63) is 52.9 Å². The van der Waals surface area contributed by atoms with Crippen molar-refractivity contribution in [3.8, 4) is 0 Å². The number of benzene rings is 1. The van der Waals surface area contributed by atoms with Crippen LogP contribution in [0.5, 0.6) is 0 Å². The third-order valence-electron chi connectivity index (χ3n) is 5.73. The Hall–Kier alpha value is -2.05. The first-order chi connectivity index (χ1) is 14.2. The fourth-order valence-corrected chi connectivity index (χ4v) is 4.62. The average Bonchev–Trinajstić information content (AvgIpc) is 3.31. The van der Waals surface area contributed by atoms with Gasteiger partial charge in [0.05, 0.1) is 5.00 Å². The normalized spacial score (nSPS) is 15.7. The number of rotatable bonds is 8. The Bertz CT molecular complexity index is 746. The molecule has 0 saturated carbocycles. The van der Waals surface area contributed by atoms with Gasteiger partial charge in [0, 0.05) is 39.3 Å². The van der Waals surface area contributed by atoms with Crippen LogP contribution in [0, 0.1) is 0 Å². The number of nitrogens with one attached hydrogen (secondary N) is 2. The first-order valence-corrected chi connectivity index (χ1v) is 11.7. The summed E-state index contributed by atoms with van der Waals surface area (Å²) in [6.45, 7) is 10.6. The van der Waals surface area contributed by atoms with E-state index in [2.05, 4.69) is 81.1 Å². The van der Waals surface area contributed by atoms with Crippen molar-refractivity contribution in [3.63, 3.8) is 0 Å². The highest BCUT2D eigenvalue weighted by molar-refractivity contribution is 7.14. The molecule has 1 aliphatic heterocycles. The van der Waals surface area contributed by atoms with E-state index in [9.17, 15) is 0 Å². The van der Waals surface area contributed by atoms with Gasteiger partial charge in [-0.1, -0.05) is 38.1 Å². The molecule has 6 heteroatoms. The van der Waals surface area contributed by atoms with Gasteiger partial charge in [0.1, 0.15) is 0 Å². The van der Waals surface area contributed by atoms with Gasteiger partial charge in [0.2, 0.25) is 0 Å². The summed E-state index contributed by atoms with van der Waals surface area (Å²) in [5.74, 6) is 0.900. The lowest BCUT2D eigenvalue weighted by molar-refractivity contribution is 0.295. The molecule has 0 amide bonds. The monoisotopic (exact) mass is 413 g/mol. The molecule has 0 atom stereocenters. The van der Waals surface area contributed by atoms with Crippen molar-refractivity contribution < 1.29 is 0 Å². The summed E-state index contributed by atoms with van der Waals surface area (Å²) in [5, 5.41) is 10.7. The Balaban J connectivity index is 1.50. The molecule has 1 saturated heterocycles. The maximum atomic E-state index is 4.46. The van der Waals surface area contributed by atoms with Crippen LogP contribution in [0.25, 0.3) is 0 Å². The highest BCUT2D eigenvalue weighted by Crippen LogP contribution is 2.24. The van der Waals surface area contributed by atoms with Crippen molar-refractivity contribution >= 4 is 22.3 Å². The van der Waals surface area contributed by atoms with Crippen molar-refractivity contribution in [1.29, 1.82) is 0 Å². The van der Waals surface area contributed by atoms with E-state index < -0.39 is 0 Å². The molecule has 0 bridgehead atoms. The Morgan fingerprint density at radius 3 is 2.45 bits per heavy atom. The van der Waals surface area contributed by atoms with Crippen LogP contribution in [0.2, 0.25) is 0 Å². The third kappa shape index (κ3) is 6.21.